The average molecular weight is 183 g/mol. The smallest absolute Gasteiger partial charge is 0.000490 e. The molecule has 0 spiro atoms. The Bertz CT molecular complexity index is 138. The Kier molecular flexibility index (Phi) is 4.24. The maximum absolute atomic E-state index is 3.36. The fourth-order valence-corrected chi connectivity index (χ4v) is 2.84. The van der Waals surface area contributed by atoms with Gasteiger partial charge in [-0.3, -0.25) is 0 Å². The number of hydrogen-bond acceptors (Lipinski definition) is 1. The standard InChI is InChI=1S/C12H25N/c1-4-6-11(2)9-12(10-13-3)7-5-8-12/h11,13H,4-10H2,1-3H3. The van der Waals surface area contributed by atoms with Gasteiger partial charge in [0.25, 0.3) is 0 Å². The van der Waals surface area contributed by atoms with Crippen LogP contribution >= 0.6 is 0 Å². The summed E-state index contributed by atoms with van der Waals surface area (Å²) in [6.45, 7) is 5.95. The molecule has 1 fully saturated rings. The molecule has 0 aromatic heterocycles. The Morgan fingerprint density at radius 1 is 1.38 bits per heavy atom. The van der Waals surface area contributed by atoms with Gasteiger partial charge in [0.15, 0.2) is 0 Å². The molecule has 1 saturated carbocycles. The lowest BCUT2D eigenvalue weighted by molar-refractivity contribution is 0.0953. The molecular weight excluding hydrogens is 158 g/mol. The molecule has 1 N–H and O–H groups in total. The van der Waals surface area contributed by atoms with Gasteiger partial charge in [-0.05, 0) is 37.6 Å². The van der Waals surface area contributed by atoms with Crippen LogP contribution in [0.25, 0.3) is 0 Å². The maximum Gasteiger partial charge on any atom is 0.000490 e. The second kappa shape index (κ2) is 4.99. The highest BCUT2D eigenvalue weighted by Gasteiger charge is 2.36. The highest BCUT2D eigenvalue weighted by atomic mass is 14.8. The van der Waals surface area contributed by atoms with E-state index in [0.717, 1.165) is 5.92 Å². The van der Waals surface area contributed by atoms with Crippen molar-refractivity contribution in [1.82, 2.24) is 5.32 Å². The molecule has 1 aliphatic rings. The van der Waals surface area contributed by atoms with Gasteiger partial charge in [-0.15, -0.1) is 0 Å². The first-order chi connectivity index (χ1) is 6.22. The summed E-state index contributed by atoms with van der Waals surface area (Å²) in [7, 11) is 2.09. The molecular formula is C12H25N. The summed E-state index contributed by atoms with van der Waals surface area (Å²) in [5.74, 6) is 0.929. The lowest BCUT2D eigenvalue weighted by Crippen LogP contribution is -2.39. The van der Waals surface area contributed by atoms with Gasteiger partial charge in [0.1, 0.15) is 0 Å². The molecule has 0 heterocycles. The van der Waals surface area contributed by atoms with Crippen molar-refractivity contribution in [2.75, 3.05) is 13.6 Å². The SMILES string of the molecule is CCCC(C)CC1(CNC)CCC1. The molecule has 0 bridgehead atoms. The van der Waals surface area contributed by atoms with Gasteiger partial charge in [-0.25, -0.2) is 0 Å². The number of rotatable bonds is 6. The highest BCUT2D eigenvalue weighted by Crippen LogP contribution is 2.45. The van der Waals surface area contributed by atoms with E-state index in [1.54, 1.807) is 0 Å². The van der Waals surface area contributed by atoms with Gasteiger partial charge in [0.05, 0.1) is 0 Å². The second-order valence-electron chi connectivity index (χ2n) is 4.98. The lowest BCUT2D eigenvalue weighted by Gasteiger charge is -2.43. The molecule has 1 atom stereocenters. The first kappa shape index (κ1) is 11.0. The Morgan fingerprint density at radius 3 is 2.46 bits per heavy atom. The van der Waals surface area contributed by atoms with Crippen LogP contribution in [-0.4, -0.2) is 13.6 Å². The minimum absolute atomic E-state index is 0.684. The van der Waals surface area contributed by atoms with Crippen LogP contribution in [0.1, 0.15) is 52.4 Å². The van der Waals surface area contributed by atoms with E-state index >= 15 is 0 Å². The number of nitrogens with one attached hydrogen (secondary N) is 1. The van der Waals surface area contributed by atoms with Gasteiger partial charge in [-0.2, -0.15) is 0 Å². The normalized spacial score (nSPS) is 22.4. The fourth-order valence-electron chi connectivity index (χ4n) is 2.84. The van der Waals surface area contributed by atoms with E-state index in [4.69, 9.17) is 0 Å². The molecule has 1 aliphatic carbocycles. The van der Waals surface area contributed by atoms with Crippen LogP contribution in [0, 0.1) is 11.3 Å². The summed E-state index contributed by atoms with van der Waals surface area (Å²) in [6, 6.07) is 0. The van der Waals surface area contributed by atoms with Crippen molar-refractivity contribution in [1.29, 1.82) is 0 Å². The monoisotopic (exact) mass is 183 g/mol. The molecule has 0 aromatic carbocycles. The van der Waals surface area contributed by atoms with Crippen LogP contribution in [0.4, 0.5) is 0 Å². The Balaban J connectivity index is 2.30. The average Bonchev–Trinajstić information content (AvgIpc) is 2.01. The van der Waals surface area contributed by atoms with Crippen LogP contribution < -0.4 is 5.32 Å². The van der Waals surface area contributed by atoms with E-state index in [1.807, 2.05) is 0 Å². The third-order valence-corrected chi connectivity index (χ3v) is 3.53. The van der Waals surface area contributed by atoms with Crippen molar-refractivity contribution in [2.24, 2.45) is 11.3 Å². The highest BCUT2D eigenvalue weighted by molar-refractivity contribution is 4.90. The van der Waals surface area contributed by atoms with Gasteiger partial charge in [0, 0.05) is 6.54 Å². The van der Waals surface area contributed by atoms with E-state index in [2.05, 4.69) is 26.2 Å². The van der Waals surface area contributed by atoms with Gasteiger partial charge >= 0.3 is 0 Å². The quantitative estimate of drug-likeness (QED) is 0.667. The van der Waals surface area contributed by atoms with E-state index in [-0.39, 0.29) is 0 Å². The molecule has 78 valence electrons. The van der Waals surface area contributed by atoms with Crippen molar-refractivity contribution in [3.8, 4) is 0 Å². The first-order valence-corrected chi connectivity index (χ1v) is 5.87. The number of hydrogen-bond donors (Lipinski definition) is 1. The minimum atomic E-state index is 0.684. The van der Waals surface area contributed by atoms with Crippen molar-refractivity contribution < 1.29 is 0 Å². The van der Waals surface area contributed by atoms with Crippen molar-refractivity contribution in [2.45, 2.75) is 52.4 Å². The summed E-state index contributed by atoms with van der Waals surface area (Å²) in [5, 5.41) is 3.36. The van der Waals surface area contributed by atoms with Crippen LogP contribution in [0.3, 0.4) is 0 Å². The summed E-state index contributed by atoms with van der Waals surface area (Å²) < 4.78 is 0. The third kappa shape index (κ3) is 2.98. The van der Waals surface area contributed by atoms with E-state index in [0.29, 0.717) is 5.41 Å². The van der Waals surface area contributed by atoms with E-state index in [9.17, 15) is 0 Å². The Morgan fingerprint density at radius 2 is 2.08 bits per heavy atom. The summed E-state index contributed by atoms with van der Waals surface area (Å²) in [4.78, 5) is 0. The molecule has 13 heavy (non-hydrogen) atoms. The molecule has 0 radical (unpaired) electrons. The van der Waals surface area contributed by atoms with Crippen molar-refractivity contribution >= 4 is 0 Å². The Labute approximate surface area is 83.3 Å². The molecule has 0 aliphatic heterocycles. The summed E-state index contributed by atoms with van der Waals surface area (Å²) >= 11 is 0. The van der Waals surface area contributed by atoms with Crippen LogP contribution in [-0.2, 0) is 0 Å². The molecule has 1 nitrogen and oxygen atoms in total. The van der Waals surface area contributed by atoms with Crippen molar-refractivity contribution in [3.63, 3.8) is 0 Å². The largest absolute Gasteiger partial charge is 0.319 e. The molecule has 0 aromatic rings. The van der Waals surface area contributed by atoms with Crippen LogP contribution in [0.15, 0.2) is 0 Å². The Hall–Kier alpha value is -0.0400. The summed E-state index contributed by atoms with van der Waals surface area (Å²) in [6.07, 6.45) is 8.58. The summed E-state index contributed by atoms with van der Waals surface area (Å²) in [5.41, 5.74) is 0.684. The second-order valence-corrected chi connectivity index (χ2v) is 4.98. The van der Waals surface area contributed by atoms with Crippen LogP contribution in [0.5, 0.6) is 0 Å². The maximum atomic E-state index is 3.36. The molecule has 0 saturated heterocycles. The van der Waals surface area contributed by atoms with Gasteiger partial charge in [0.2, 0.25) is 0 Å². The fraction of sp³-hybridized carbons (Fsp3) is 1.00. The minimum Gasteiger partial charge on any atom is -0.319 e. The third-order valence-electron chi connectivity index (χ3n) is 3.53. The molecule has 1 unspecified atom stereocenters. The predicted molar refractivity (Wildman–Crippen MR) is 58.9 cm³/mol. The predicted octanol–water partition coefficient (Wildman–Crippen LogP) is 3.20. The zero-order chi connectivity index (χ0) is 9.73. The topological polar surface area (TPSA) is 12.0 Å². The van der Waals surface area contributed by atoms with E-state index < -0.39 is 0 Å². The molecule has 1 rings (SSSR count). The van der Waals surface area contributed by atoms with Gasteiger partial charge in [-0.1, -0.05) is 33.1 Å². The zero-order valence-corrected chi connectivity index (χ0v) is 9.53. The molecule has 0 amide bonds. The zero-order valence-electron chi connectivity index (χ0n) is 9.53. The van der Waals surface area contributed by atoms with Gasteiger partial charge < -0.3 is 5.32 Å². The lowest BCUT2D eigenvalue weighted by atomic mass is 9.64. The molecule has 1 heteroatoms. The van der Waals surface area contributed by atoms with Crippen LogP contribution in [0.2, 0.25) is 0 Å². The van der Waals surface area contributed by atoms with Crippen molar-refractivity contribution in [3.05, 3.63) is 0 Å². The van der Waals surface area contributed by atoms with E-state index in [1.165, 1.54) is 45.1 Å². The first-order valence-electron chi connectivity index (χ1n) is 5.87.